The smallest absolute Gasteiger partial charge is 0.348 e. The van der Waals surface area contributed by atoms with Crippen molar-refractivity contribution in [3.8, 4) is 23.0 Å². The first kappa shape index (κ1) is 28.6. The lowest BCUT2D eigenvalue weighted by Gasteiger charge is -2.27. The third kappa shape index (κ3) is 6.31. The number of aliphatic hydroxyl groups is 1. The van der Waals surface area contributed by atoms with Crippen LogP contribution in [0, 0.1) is 0 Å². The lowest BCUT2D eigenvalue weighted by Crippen LogP contribution is -2.47. The molecule has 38 heavy (non-hydrogen) atoms. The molecule has 10 heteroatoms. The van der Waals surface area contributed by atoms with Crippen molar-refractivity contribution in [3.63, 3.8) is 0 Å². The predicted molar refractivity (Wildman–Crippen MR) is 136 cm³/mol. The van der Waals surface area contributed by atoms with Gasteiger partial charge in [-0.15, -0.1) is 0 Å². The number of phenols is 1. The minimum absolute atomic E-state index is 0.0357. The minimum Gasteiger partial charge on any atom is -0.507 e. The van der Waals surface area contributed by atoms with Gasteiger partial charge in [0.1, 0.15) is 23.0 Å². The summed E-state index contributed by atoms with van der Waals surface area (Å²) in [7, 11) is 0. The van der Waals surface area contributed by atoms with Crippen molar-refractivity contribution >= 4 is 23.3 Å². The van der Waals surface area contributed by atoms with Crippen LogP contribution in [0.25, 0.3) is 0 Å². The van der Waals surface area contributed by atoms with Gasteiger partial charge in [0.05, 0.1) is 29.9 Å². The number of Topliss-reactive ketones (excluding diaryl/α,β-unsaturated/α-hetero) is 3. The Morgan fingerprint density at radius 2 is 1.58 bits per heavy atom. The van der Waals surface area contributed by atoms with Gasteiger partial charge in [0.2, 0.25) is 6.10 Å². The topological polar surface area (TPSA) is 157 Å². The summed E-state index contributed by atoms with van der Waals surface area (Å²) in [4.78, 5) is 47.6. The zero-order chi connectivity index (χ0) is 28.0. The van der Waals surface area contributed by atoms with Gasteiger partial charge in [-0.3, -0.25) is 14.4 Å². The van der Waals surface area contributed by atoms with E-state index in [1.807, 2.05) is 6.92 Å². The van der Waals surface area contributed by atoms with Gasteiger partial charge in [-0.05, 0) is 57.7 Å². The van der Waals surface area contributed by atoms with Gasteiger partial charge >= 0.3 is 5.97 Å². The molecule has 0 aliphatic carbocycles. The number of benzene rings is 2. The number of fused-ring (bicyclic) bond motifs is 1. The highest BCUT2D eigenvalue weighted by atomic mass is 16.5. The van der Waals surface area contributed by atoms with E-state index in [9.17, 15) is 34.5 Å². The number of rotatable bonds is 13. The molecule has 2 aromatic carbocycles. The molecule has 3 rings (SSSR count). The zero-order valence-electron chi connectivity index (χ0n) is 21.6. The fraction of sp³-hybridized carbons (Fsp3) is 0.429. The standard InChI is InChI=1S/C28H32O10/c1-4-8-18-21(10-9-17(15(2)29)24(18)31)36-11-6-5-7-12-37-22-14-23-20(13-19(22)16(3)30)25(32)26(33)27(38-23)28(34)35/h9-10,13-14,26-27,31,33H,4-8,11-12H2,1-3H3,(H,34,35). The van der Waals surface area contributed by atoms with Crippen molar-refractivity contribution < 1.29 is 48.7 Å². The van der Waals surface area contributed by atoms with Gasteiger partial charge in [-0.1, -0.05) is 13.3 Å². The van der Waals surface area contributed by atoms with Crippen molar-refractivity contribution in [2.75, 3.05) is 13.2 Å². The maximum atomic E-state index is 12.4. The number of phenolic OH excluding ortho intramolecular Hbond substituents is 1. The van der Waals surface area contributed by atoms with Crippen molar-refractivity contribution in [1.29, 1.82) is 0 Å². The molecule has 1 heterocycles. The fourth-order valence-corrected chi connectivity index (χ4v) is 4.20. The summed E-state index contributed by atoms with van der Waals surface area (Å²) in [5, 5.41) is 29.6. The molecule has 2 unspecified atom stereocenters. The Hall–Kier alpha value is -3.92. The first-order valence-corrected chi connectivity index (χ1v) is 12.5. The Kier molecular flexibility index (Phi) is 9.46. The number of carbonyl (C=O) groups excluding carboxylic acids is 3. The van der Waals surface area contributed by atoms with Crippen molar-refractivity contribution in [2.24, 2.45) is 0 Å². The maximum absolute atomic E-state index is 12.4. The number of aromatic hydroxyl groups is 1. The summed E-state index contributed by atoms with van der Waals surface area (Å²) in [6.45, 7) is 5.32. The van der Waals surface area contributed by atoms with E-state index in [0.29, 0.717) is 37.2 Å². The van der Waals surface area contributed by atoms with Crippen LogP contribution in [0.1, 0.15) is 83.1 Å². The lowest BCUT2D eigenvalue weighted by molar-refractivity contribution is -0.149. The van der Waals surface area contributed by atoms with Gasteiger partial charge in [0.15, 0.2) is 23.5 Å². The third-order valence-corrected chi connectivity index (χ3v) is 6.20. The summed E-state index contributed by atoms with van der Waals surface area (Å²) < 4.78 is 16.9. The summed E-state index contributed by atoms with van der Waals surface area (Å²) >= 11 is 0. The first-order valence-electron chi connectivity index (χ1n) is 12.5. The summed E-state index contributed by atoms with van der Waals surface area (Å²) in [6.07, 6.45) is -0.231. The molecule has 0 radical (unpaired) electrons. The van der Waals surface area contributed by atoms with E-state index in [2.05, 4.69) is 0 Å². The average molecular weight is 529 g/mol. The van der Waals surface area contributed by atoms with Crippen LogP contribution in [-0.4, -0.2) is 64.1 Å². The van der Waals surface area contributed by atoms with Crippen LogP contribution >= 0.6 is 0 Å². The largest absolute Gasteiger partial charge is 0.507 e. The van der Waals surface area contributed by atoms with Gasteiger partial charge in [0.25, 0.3) is 0 Å². The Morgan fingerprint density at radius 1 is 0.947 bits per heavy atom. The number of unbranched alkanes of at least 4 members (excludes halogenated alkanes) is 2. The van der Waals surface area contributed by atoms with Crippen LogP contribution in [0.5, 0.6) is 23.0 Å². The molecule has 2 atom stereocenters. The zero-order valence-corrected chi connectivity index (χ0v) is 21.6. The fourth-order valence-electron chi connectivity index (χ4n) is 4.20. The second-order valence-electron chi connectivity index (χ2n) is 9.09. The third-order valence-electron chi connectivity index (χ3n) is 6.20. The molecule has 0 fully saturated rings. The minimum atomic E-state index is -1.87. The van der Waals surface area contributed by atoms with Crippen molar-refractivity contribution in [2.45, 2.75) is 65.1 Å². The summed E-state index contributed by atoms with van der Waals surface area (Å²) in [5.74, 6) is -2.29. The monoisotopic (exact) mass is 528 g/mol. The predicted octanol–water partition coefficient (Wildman–Crippen LogP) is 3.77. The molecule has 3 N–H and O–H groups in total. The van der Waals surface area contributed by atoms with Crippen LogP contribution in [0.3, 0.4) is 0 Å². The van der Waals surface area contributed by atoms with Crippen LogP contribution in [0.4, 0.5) is 0 Å². The number of aliphatic carboxylic acids is 1. The van der Waals surface area contributed by atoms with Crippen LogP contribution in [-0.2, 0) is 11.2 Å². The number of ether oxygens (including phenoxy) is 3. The van der Waals surface area contributed by atoms with E-state index in [0.717, 1.165) is 12.8 Å². The molecule has 0 aromatic heterocycles. The summed E-state index contributed by atoms with van der Waals surface area (Å²) in [6, 6.07) is 5.82. The number of carboxylic acids is 1. The van der Waals surface area contributed by atoms with Gasteiger partial charge in [-0.2, -0.15) is 0 Å². The van der Waals surface area contributed by atoms with Crippen molar-refractivity contribution in [3.05, 3.63) is 46.5 Å². The Morgan fingerprint density at radius 3 is 2.16 bits per heavy atom. The molecule has 0 bridgehead atoms. The Bertz CT molecular complexity index is 1230. The highest BCUT2D eigenvalue weighted by Gasteiger charge is 2.41. The van der Waals surface area contributed by atoms with Crippen LogP contribution < -0.4 is 14.2 Å². The van der Waals surface area contributed by atoms with E-state index < -0.39 is 24.0 Å². The number of ketones is 3. The number of hydrogen-bond acceptors (Lipinski definition) is 9. The van der Waals surface area contributed by atoms with E-state index in [-0.39, 0.29) is 52.1 Å². The maximum Gasteiger partial charge on any atom is 0.348 e. The molecular formula is C28H32O10. The molecule has 2 aromatic rings. The van der Waals surface area contributed by atoms with Crippen LogP contribution in [0.2, 0.25) is 0 Å². The van der Waals surface area contributed by atoms with Crippen LogP contribution in [0.15, 0.2) is 24.3 Å². The number of aliphatic hydroxyl groups excluding tert-OH is 1. The second-order valence-corrected chi connectivity index (χ2v) is 9.09. The second kappa shape index (κ2) is 12.6. The molecule has 10 nitrogen and oxygen atoms in total. The molecule has 204 valence electrons. The van der Waals surface area contributed by atoms with E-state index in [4.69, 9.17) is 14.2 Å². The Labute approximate surface area is 220 Å². The quantitative estimate of drug-likeness (QED) is 0.258. The van der Waals surface area contributed by atoms with E-state index >= 15 is 0 Å². The highest BCUT2D eigenvalue weighted by molar-refractivity contribution is 6.08. The number of carbonyl (C=O) groups is 4. The molecule has 1 aliphatic heterocycles. The van der Waals surface area contributed by atoms with Crippen molar-refractivity contribution in [1.82, 2.24) is 0 Å². The first-order chi connectivity index (χ1) is 18.1. The lowest BCUT2D eigenvalue weighted by atomic mass is 9.95. The average Bonchev–Trinajstić information content (AvgIpc) is 2.86. The van der Waals surface area contributed by atoms with Gasteiger partial charge < -0.3 is 29.5 Å². The molecule has 0 saturated heterocycles. The van der Waals surface area contributed by atoms with Gasteiger partial charge in [0, 0.05) is 11.6 Å². The van der Waals surface area contributed by atoms with Gasteiger partial charge in [-0.25, -0.2) is 4.79 Å². The molecule has 0 amide bonds. The molecule has 0 saturated carbocycles. The molecule has 0 spiro atoms. The highest BCUT2D eigenvalue weighted by Crippen LogP contribution is 2.35. The van der Waals surface area contributed by atoms with E-state index in [1.54, 1.807) is 12.1 Å². The van der Waals surface area contributed by atoms with E-state index in [1.165, 1.54) is 26.0 Å². The summed E-state index contributed by atoms with van der Waals surface area (Å²) in [5.41, 5.74) is 0.942. The SMILES string of the molecule is CCCc1c(OCCCCCOc2cc3c(cc2C(C)=O)C(=O)C(O)C(C(=O)O)O3)ccc(C(C)=O)c1O. The number of carboxylic acid groups (broad SMARTS) is 1. The molecular weight excluding hydrogens is 496 g/mol. The number of hydrogen-bond donors (Lipinski definition) is 3. The normalized spacial score (nSPS) is 16.4. The molecule has 1 aliphatic rings. The Balaban J connectivity index is 1.57.